The zero-order valence-electron chi connectivity index (χ0n) is 20.0. The number of aromatic carboxylic acids is 1. The molecular formula is C25H20Cl2F3N3O5. The standard InChI is InChI=1S/C25H20Cl2F3N3O5/c1-12(16-6-5-15(10-18(16)27)38-21-17(22(34)35)9-14(26)11-31-21)24(37,25(28,29)30)13-4-7-19-20(8-13)33(3)23(36)32(19)2/h4-12,37H,1-3H3,(H,34,35)/t12-,24-/m1/s1. The molecule has 0 aliphatic carbocycles. The Bertz CT molecular complexity index is 1630. The molecule has 0 amide bonds. The summed E-state index contributed by atoms with van der Waals surface area (Å²) in [6.07, 6.45) is -3.96. The van der Waals surface area contributed by atoms with Crippen LogP contribution < -0.4 is 10.4 Å². The molecule has 0 saturated heterocycles. The van der Waals surface area contributed by atoms with E-state index in [-0.39, 0.29) is 38.3 Å². The van der Waals surface area contributed by atoms with Gasteiger partial charge in [-0.3, -0.25) is 9.13 Å². The lowest BCUT2D eigenvalue weighted by atomic mass is 9.77. The predicted octanol–water partition coefficient (Wildman–Crippen LogP) is 5.62. The molecule has 0 bridgehead atoms. The molecule has 2 aromatic carbocycles. The molecule has 0 aliphatic heterocycles. The zero-order valence-corrected chi connectivity index (χ0v) is 21.6. The van der Waals surface area contributed by atoms with Crippen molar-refractivity contribution in [2.24, 2.45) is 14.1 Å². The monoisotopic (exact) mass is 569 g/mol. The lowest BCUT2D eigenvalue weighted by molar-refractivity contribution is -0.274. The van der Waals surface area contributed by atoms with Crippen LogP contribution in [0.2, 0.25) is 10.0 Å². The number of fused-ring (bicyclic) bond motifs is 1. The van der Waals surface area contributed by atoms with Crippen LogP contribution in [0.1, 0.15) is 34.3 Å². The van der Waals surface area contributed by atoms with Crippen molar-refractivity contribution in [3.63, 3.8) is 0 Å². The quantitative estimate of drug-likeness (QED) is 0.312. The molecule has 2 atom stereocenters. The van der Waals surface area contributed by atoms with Gasteiger partial charge in [-0.15, -0.1) is 0 Å². The van der Waals surface area contributed by atoms with Gasteiger partial charge >= 0.3 is 17.8 Å². The smallest absolute Gasteiger partial charge is 0.422 e. The summed E-state index contributed by atoms with van der Waals surface area (Å²) in [7, 11) is 2.91. The van der Waals surface area contributed by atoms with Gasteiger partial charge in [0, 0.05) is 31.2 Å². The highest BCUT2D eigenvalue weighted by molar-refractivity contribution is 6.31. The number of nitrogens with zero attached hydrogens (tertiary/aromatic N) is 3. The van der Waals surface area contributed by atoms with Gasteiger partial charge in [0.15, 0.2) is 5.60 Å². The second-order valence-corrected chi connectivity index (χ2v) is 9.53. The lowest BCUT2D eigenvalue weighted by Gasteiger charge is -2.37. The van der Waals surface area contributed by atoms with Crippen molar-refractivity contribution < 1.29 is 32.9 Å². The fourth-order valence-corrected chi connectivity index (χ4v) is 4.82. The summed E-state index contributed by atoms with van der Waals surface area (Å²) in [5.74, 6) is -3.26. The van der Waals surface area contributed by atoms with Gasteiger partial charge in [0.25, 0.3) is 0 Å². The third kappa shape index (κ3) is 4.50. The van der Waals surface area contributed by atoms with Gasteiger partial charge in [-0.25, -0.2) is 14.6 Å². The Kier molecular flexibility index (Phi) is 6.98. The van der Waals surface area contributed by atoms with Crippen LogP contribution in [-0.2, 0) is 19.7 Å². The highest BCUT2D eigenvalue weighted by atomic mass is 35.5. The van der Waals surface area contributed by atoms with E-state index in [1.165, 1.54) is 60.6 Å². The number of carboxylic acids is 1. The van der Waals surface area contributed by atoms with E-state index < -0.39 is 34.9 Å². The zero-order chi connectivity index (χ0) is 28.2. The van der Waals surface area contributed by atoms with E-state index >= 15 is 0 Å². The van der Waals surface area contributed by atoms with Gasteiger partial charge in [-0.05, 0) is 41.5 Å². The maximum atomic E-state index is 14.5. The van der Waals surface area contributed by atoms with Crippen LogP contribution in [0.3, 0.4) is 0 Å². The molecule has 2 heterocycles. The molecular weight excluding hydrogens is 550 g/mol. The fraction of sp³-hybridized carbons (Fsp3) is 0.240. The molecule has 200 valence electrons. The van der Waals surface area contributed by atoms with Crippen molar-refractivity contribution in [2.75, 3.05) is 0 Å². The number of aliphatic hydroxyl groups is 1. The SMILES string of the molecule is C[C@H](c1ccc(Oc2ncc(Cl)cc2C(=O)O)cc1Cl)[C@@](O)(c1ccc2c(c1)n(C)c(=O)n2C)C(F)(F)F. The van der Waals surface area contributed by atoms with Crippen LogP contribution in [-0.4, -0.2) is 36.5 Å². The molecule has 0 spiro atoms. The van der Waals surface area contributed by atoms with E-state index in [2.05, 4.69) is 4.98 Å². The van der Waals surface area contributed by atoms with Crippen LogP contribution in [0.15, 0.2) is 53.5 Å². The van der Waals surface area contributed by atoms with Crippen molar-refractivity contribution in [2.45, 2.75) is 24.6 Å². The average molecular weight is 570 g/mol. The largest absolute Gasteiger partial charge is 0.477 e. The molecule has 0 aliphatic rings. The maximum Gasteiger partial charge on any atom is 0.422 e. The van der Waals surface area contributed by atoms with Gasteiger partial charge in [0.1, 0.15) is 11.3 Å². The van der Waals surface area contributed by atoms with Crippen molar-refractivity contribution in [3.05, 3.63) is 85.9 Å². The molecule has 0 fully saturated rings. The van der Waals surface area contributed by atoms with Crippen molar-refractivity contribution in [1.82, 2.24) is 14.1 Å². The van der Waals surface area contributed by atoms with Crippen LogP contribution in [0.25, 0.3) is 11.0 Å². The molecule has 4 aromatic rings. The van der Waals surface area contributed by atoms with Gasteiger partial charge in [0.2, 0.25) is 5.88 Å². The minimum Gasteiger partial charge on any atom is -0.477 e. The number of carboxylic acid groups (broad SMARTS) is 1. The number of hydrogen-bond donors (Lipinski definition) is 2. The van der Waals surface area contributed by atoms with Crippen molar-refractivity contribution in [1.29, 1.82) is 0 Å². The number of imidazole rings is 1. The first-order valence-electron chi connectivity index (χ1n) is 11.0. The maximum absolute atomic E-state index is 14.5. The first kappa shape index (κ1) is 27.5. The Balaban J connectivity index is 1.76. The summed E-state index contributed by atoms with van der Waals surface area (Å²) in [5.41, 5.74) is -4.06. The minimum absolute atomic E-state index is 0.000439. The summed E-state index contributed by atoms with van der Waals surface area (Å²) in [5, 5.41) is 20.5. The lowest BCUT2D eigenvalue weighted by Crippen LogP contribution is -2.46. The third-order valence-corrected chi connectivity index (χ3v) is 7.01. The van der Waals surface area contributed by atoms with E-state index in [0.29, 0.717) is 5.52 Å². The highest BCUT2D eigenvalue weighted by Gasteiger charge is 2.59. The van der Waals surface area contributed by atoms with Crippen molar-refractivity contribution >= 4 is 40.2 Å². The van der Waals surface area contributed by atoms with Crippen LogP contribution in [0.4, 0.5) is 13.2 Å². The van der Waals surface area contributed by atoms with Gasteiger partial charge in [-0.1, -0.05) is 42.3 Å². The molecule has 2 aromatic heterocycles. The number of alkyl halides is 3. The van der Waals surface area contributed by atoms with Gasteiger partial charge < -0.3 is 14.9 Å². The summed E-state index contributed by atoms with van der Waals surface area (Å²) in [6, 6.07) is 8.44. The van der Waals surface area contributed by atoms with E-state index in [4.69, 9.17) is 27.9 Å². The first-order chi connectivity index (χ1) is 17.7. The summed E-state index contributed by atoms with van der Waals surface area (Å²) >= 11 is 12.1. The summed E-state index contributed by atoms with van der Waals surface area (Å²) in [4.78, 5) is 27.6. The second kappa shape index (κ2) is 9.64. The topological polar surface area (TPSA) is 107 Å². The Morgan fingerprint density at radius 1 is 1.05 bits per heavy atom. The fourth-order valence-electron chi connectivity index (χ4n) is 4.32. The normalized spacial score (nSPS) is 14.3. The number of aromatic nitrogens is 3. The molecule has 38 heavy (non-hydrogen) atoms. The van der Waals surface area contributed by atoms with E-state index in [1.54, 1.807) is 0 Å². The molecule has 4 rings (SSSR count). The molecule has 2 N–H and O–H groups in total. The number of halogens is 5. The molecule has 0 saturated carbocycles. The van der Waals surface area contributed by atoms with E-state index in [9.17, 15) is 33.0 Å². The van der Waals surface area contributed by atoms with Crippen LogP contribution >= 0.6 is 23.2 Å². The Hall–Kier alpha value is -3.54. The number of hydrogen-bond acceptors (Lipinski definition) is 5. The van der Waals surface area contributed by atoms with E-state index in [1.807, 2.05) is 0 Å². The van der Waals surface area contributed by atoms with Crippen LogP contribution in [0.5, 0.6) is 11.6 Å². The Morgan fingerprint density at radius 3 is 2.32 bits per heavy atom. The van der Waals surface area contributed by atoms with Crippen LogP contribution in [0, 0.1) is 0 Å². The van der Waals surface area contributed by atoms with Gasteiger partial charge in [-0.2, -0.15) is 13.2 Å². The Morgan fingerprint density at radius 2 is 1.71 bits per heavy atom. The number of ether oxygens (including phenoxy) is 1. The molecule has 0 unspecified atom stereocenters. The number of rotatable bonds is 6. The number of benzene rings is 2. The highest BCUT2D eigenvalue weighted by Crippen LogP contribution is 2.50. The number of carbonyl (C=O) groups is 1. The summed E-state index contributed by atoms with van der Waals surface area (Å²) in [6.45, 7) is 1.17. The summed E-state index contributed by atoms with van der Waals surface area (Å²) < 4.78 is 51.5. The Labute approximate surface area is 223 Å². The second-order valence-electron chi connectivity index (χ2n) is 8.69. The third-order valence-electron chi connectivity index (χ3n) is 6.47. The minimum atomic E-state index is -5.13. The van der Waals surface area contributed by atoms with Gasteiger partial charge in [0.05, 0.1) is 16.1 Å². The predicted molar refractivity (Wildman–Crippen MR) is 134 cm³/mol. The average Bonchev–Trinajstić information content (AvgIpc) is 3.07. The number of aryl methyl sites for hydroxylation is 2. The first-order valence-corrected chi connectivity index (χ1v) is 11.7. The van der Waals surface area contributed by atoms with E-state index in [0.717, 1.165) is 18.2 Å². The van der Waals surface area contributed by atoms with Crippen molar-refractivity contribution in [3.8, 4) is 11.6 Å². The number of pyridine rings is 1. The molecule has 0 radical (unpaired) electrons. The molecule has 8 nitrogen and oxygen atoms in total. The molecule has 13 heteroatoms.